The van der Waals surface area contributed by atoms with Crippen molar-refractivity contribution in [1.29, 1.82) is 0 Å². The average Bonchev–Trinajstić information content (AvgIpc) is 3.42. The highest BCUT2D eigenvalue weighted by Crippen LogP contribution is 2.32. The molecule has 0 bridgehead atoms. The zero-order valence-electron chi connectivity index (χ0n) is 14.7. The molecule has 0 aliphatic carbocycles. The predicted molar refractivity (Wildman–Crippen MR) is 92.0 cm³/mol. The van der Waals surface area contributed by atoms with E-state index in [9.17, 15) is 0 Å². The molecule has 1 fully saturated rings. The number of pyridine rings is 1. The van der Waals surface area contributed by atoms with Crippen molar-refractivity contribution in [2.24, 2.45) is 0 Å². The number of methoxy groups -OCH3 is 1. The van der Waals surface area contributed by atoms with Gasteiger partial charge in [-0.2, -0.15) is 4.98 Å². The lowest BCUT2D eigenvalue weighted by Gasteiger charge is -2.19. The molecular formula is C18H21N5O3. The molecule has 4 heterocycles. The number of likely N-dealkylation sites (tertiary alicyclic amines) is 1. The Morgan fingerprint density at radius 1 is 1.31 bits per heavy atom. The van der Waals surface area contributed by atoms with E-state index in [0.717, 1.165) is 36.4 Å². The number of ether oxygens (including phenoxy) is 1. The van der Waals surface area contributed by atoms with Gasteiger partial charge in [0.05, 0.1) is 19.2 Å². The SMILES string of the molecule is COCCc1noc([C@@H]2CCCN2Cc2cc(-c3cccnc3)no2)n1. The van der Waals surface area contributed by atoms with Crippen molar-refractivity contribution in [2.75, 3.05) is 20.3 Å². The molecule has 1 aliphatic rings. The van der Waals surface area contributed by atoms with Crippen molar-refractivity contribution < 1.29 is 13.8 Å². The van der Waals surface area contributed by atoms with Gasteiger partial charge in [0.25, 0.3) is 0 Å². The number of aromatic nitrogens is 4. The number of rotatable bonds is 7. The summed E-state index contributed by atoms with van der Waals surface area (Å²) in [5.74, 6) is 2.17. The molecule has 1 atom stereocenters. The van der Waals surface area contributed by atoms with Crippen molar-refractivity contribution in [3.05, 3.63) is 48.1 Å². The molecule has 4 rings (SSSR count). The lowest BCUT2D eigenvalue weighted by atomic mass is 10.2. The molecule has 0 aromatic carbocycles. The van der Waals surface area contributed by atoms with E-state index in [1.807, 2.05) is 18.2 Å². The van der Waals surface area contributed by atoms with Gasteiger partial charge in [0.1, 0.15) is 5.69 Å². The summed E-state index contributed by atoms with van der Waals surface area (Å²) in [6.07, 6.45) is 6.26. The van der Waals surface area contributed by atoms with Gasteiger partial charge < -0.3 is 13.8 Å². The van der Waals surface area contributed by atoms with Crippen molar-refractivity contribution in [1.82, 2.24) is 25.2 Å². The quantitative estimate of drug-likeness (QED) is 0.639. The average molecular weight is 355 g/mol. The summed E-state index contributed by atoms with van der Waals surface area (Å²) in [6, 6.07) is 5.93. The van der Waals surface area contributed by atoms with Gasteiger partial charge in [0.15, 0.2) is 11.6 Å². The van der Waals surface area contributed by atoms with Crippen LogP contribution in [0.2, 0.25) is 0 Å². The Kier molecular flexibility index (Phi) is 5.03. The fourth-order valence-corrected chi connectivity index (χ4v) is 3.23. The summed E-state index contributed by atoms with van der Waals surface area (Å²) in [4.78, 5) is 10.9. The highest BCUT2D eigenvalue weighted by Gasteiger charge is 2.31. The molecule has 1 aliphatic heterocycles. The van der Waals surface area contributed by atoms with Gasteiger partial charge in [0.2, 0.25) is 5.89 Å². The van der Waals surface area contributed by atoms with Crippen LogP contribution in [0.3, 0.4) is 0 Å². The van der Waals surface area contributed by atoms with E-state index < -0.39 is 0 Å². The number of nitrogens with zero attached hydrogens (tertiary/aromatic N) is 5. The van der Waals surface area contributed by atoms with Crippen LogP contribution in [0, 0.1) is 0 Å². The largest absolute Gasteiger partial charge is 0.384 e. The van der Waals surface area contributed by atoms with Crippen LogP contribution in [-0.4, -0.2) is 45.4 Å². The van der Waals surface area contributed by atoms with Gasteiger partial charge in [-0.05, 0) is 31.5 Å². The number of hydrogen-bond donors (Lipinski definition) is 0. The van der Waals surface area contributed by atoms with Crippen molar-refractivity contribution in [3.8, 4) is 11.3 Å². The molecule has 1 saturated heterocycles. The summed E-state index contributed by atoms with van der Waals surface area (Å²) < 4.78 is 16.1. The molecule has 8 nitrogen and oxygen atoms in total. The van der Waals surface area contributed by atoms with Crippen LogP contribution in [0.1, 0.15) is 36.4 Å². The molecular weight excluding hydrogens is 334 g/mol. The maximum Gasteiger partial charge on any atom is 0.244 e. The van der Waals surface area contributed by atoms with Crippen LogP contribution in [0.15, 0.2) is 39.6 Å². The summed E-state index contributed by atoms with van der Waals surface area (Å²) in [5.41, 5.74) is 1.74. The highest BCUT2D eigenvalue weighted by atomic mass is 16.5. The van der Waals surface area contributed by atoms with Gasteiger partial charge in [0, 0.05) is 37.6 Å². The van der Waals surface area contributed by atoms with Gasteiger partial charge in [-0.25, -0.2) is 0 Å². The van der Waals surface area contributed by atoms with E-state index in [1.54, 1.807) is 19.5 Å². The molecule has 0 saturated carbocycles. The zero-order chi connectivity index (χ0) is 17.8. The Labute approximate surface area is 151 Å². The molecule has 0 unspecified atom stereocenters. The Morgan fingerprint density at radius 3 is 3.12 bits per heavy atom. The fraction of sp³-hybridized carbons (Fsp3) is 0.444. The summed E-state index contributed by atoms with van der Waals surface area (Å²) in [5, 5.41) is 8.21. The molecule has 0 spiro atoms. The van der Waals surface area contributed by atoms with Crippen LogP contribution in [-0.2, 0) is 17.7 Å². The third kappa shape index (κ3) is 3.66. The van der Waals surface area contributed by atoms with Gasteiger partial charge in [-0.15, -0.1) is 0 Å². The highest BCUT2D eigenvalue weighted by molar-refractivity contribution is 5.57. The minimum absolute atomic E-state index is 0.116. The van der Waals surface area contributed by atoms with Crippen molar-refractivity contribution >= 4 is 0 Å². The Morgan fingerprint density at radius 2 is 2.27 bits per heavy atom. The van der Waals surface area contributed by atoms with E-state index in [1.165, 1.54) is 0 Å². The molecule has 0 radical (unpaired) electrons. The van der Waals surface area contributed by atoms with Crippen molar-refractivity contribution in [2.45, 2.75) is 31.8 Å². The Bertz CT molecular complexity index is 832. The monoisotopic (exact) mass is 355 g/mol. The zero-order valence-corrected chi connectivity index (χ0v) is 14.7. The molecule has 3 aromatic heterocycles. The molecule has 26 heavy (non-hydrogen) atoms. The summed E-state index contributed by atoms with van der Waals surface area (Å²) in [7, 11) is 1.66. The number of hydrogen-bond acceptors (Lipinski definition) is 8. The van der Waals surface area contributed by atoms with E-state index in [0.29, 0.717) is 31.3 Å². The van der Waals surface area contributed by atoms with Crippen molar-refractivity contribution in [3.63, 3.8) is 0 Å². The topological polar surface area (TPSA) is 90.3 Å². The van der Waals surface area contributed by atoms with E-state index in [-0.39, 0.29) is 6.04 Å². The maximum atomic E-state index is 5.52. The fourth-order valence-electron chi connectivity index (χ4n) is 3.23. The minimum atomic E-state index is 0.116. The minimum Gasteiger partial charge on any atom is -0.384 e. The lowest BCUT2D eigenvalue weighted by Crippen LogP contribution is -2.22. The van der Waals surface area contributed by atoms with Crippen LogP contribution < -0.4 is 0 Å². The van der Waals surface area contributed by atoms with Gasteiger partial charge in [-0.1, -0.05) is 10.3 Å². The summed E-state index contributed by atoms with van der Waals surface area (Å²) >= 11 is 0. The molecule has 8 heteroatoms. The first-order valence-corrected chi connectivity index (χ1v) is 8.75. The Balaban J connectivity index is 1.44. The van der Waals surface area contributed by atoms with Gasteiger partial charge in [-0.3, -0.25) is 9.88 Å². The standard InChI is InChI=1S/C18H21N5O3/c1-24-9-6-17-20-18(26-22-17)16-5-3-8-23(16)12-14-10-15(21-25-14)13-4-2-7-19-11-13/h2,4,7,10-11,16H,3,5-6,8-9,12H2,1H3/t16-/m0/s1. The maximum absolute atomic E-state index is 5.52. The normalized spacial score (nSPS) is 17.8. The smallest absolute Gasteiger partial charge is 0.244 e. The van der Waals surface area contributed by atoms with Crippen LogP contribution >= 0.6 is 0 Å². The lowest BCUT2D eigenvalue weighted by molar-refractivity contribution is 0.182. The van der Waals surface area contributed by atoms with E-state index >= 15 is 0 Å². The third-order valence-corrected chi connectivity index (χ3v) is 4.54. The second kappa shape index (κ2) is 7.76. The molecule has 0 N–H and O–H groups in total. The molecule has 3 aromatic rings. The Hall–Kier alpha value is -2.58. The second-order valence-electron chi connectivity index (χ2n) is 6.34. The van der Waals surface area contributed by atoms with E-state index in [2.05, 4.69) is 25.2 Å². The summed E-state index contributed by atoms with van der Waals surface area (Å²) in [6.45, 7) is 2.21. The first-order chi connectivity index (χ1) is 12.8. The second-order valence-corrected chi connectivity index (χ2v) is 6.34. The predicted octanol–water partition coefficient (Wildman–Crippen LogP) is 2.65. The molecule has 0 amide bonds. The van der Waals surface area contributed by atoms with Gasteiger partial charge >= 0.3 is 0 Å². The van der Waals surface area contributed by atoms with E-state index in [4.69, 9.17) is 13.8 Å². The van der Waals surface area contributed by atoms with Crippen LogP contribution in [0.4, 0.5) is 0 Å². The first kappa shape index (κ1) is 16.9. The third-order valence-electron chi connectivity index (χ3n) is 4.54. The molecule has 136 valence electrons. The van der Waals surface area contributed by atoms with Crippen LogP contribution in [0.25, 0.3) is 11.3 Å². The van der Waals surface area contributed by atoms with Crippen LogP contribution in [0.5, 0.6) is 0 Å². The first-order valence-electron chi connectivity index (χ1n) is 8.75.